The first kappa shape index (κ1) is 13.6. The van der Waals surface area contributed by atoms with Gasteiger partial charge in [-0.25, -0.2) is 10.0 Å². The summed E-state index contributed by atoms with van der Waals surface area (Å²) in [6.07, 6.45) is 2.73. The Labute approximate surface area is 134 Å². The number of amides is 1. The number of fused-ring (bicyclic) bond motifs is 1. The second kappa shape index (κ2) is 5.27. The molecule has 110 valence electrons. The zero-order valence-electron chi connectivity index (χ0n) is 11.9. The zero-order valence-corrected chi connectivity index (χ0v) is 12.7. The number of carbonyl (C=O) groups is 1. The highest BCUT2D eigenvalue weighted by Crippen LogP contribution is 2.41. The average molecular weight is 311 g/mol. The van der Waals surface area contributed by atoms with Gasteiger partial charge in [0.1, 0.15) is 0 Å². The van der Waals surface area contributed by atoms with Crippen molar-refractivity contribution >= 4 is 23.2 Å². The molecule has 0 radical (unpaired) electrons. The van der Waals surface area contributed by atoms with Crippen LogP contribution in [0, 0.1) is 0 Å². The molecule has 2 aromatic rings. The molecular weight excluding hydrogens is 296 g/mol. The van der Waals surface area contributed by atoms with E-state index in [0.717, 1.165) is 28.4 Å². The number of hydrazine groups is 1. The minimum Gasteiger partial charge on any atom is -0.273 e. The Hall–Kier alpha value is -2.10. The molecule has 1 fully saturated rings. The van der Waals surface area contributed by atoms with Crippen LogP contribution < -0.4 is 0 Å². The highest BCUT2D eigenvalue weighted by molar-refractivity contribution is 6.30. The summed E-state index contributed by atoms with van der Waals surface area (Å²) < 4.78 is 0. The number of halogens is 1. The predicted molar refractivity (Wildman–Crippen MR) is 86.8 cm³/mol. The van der Waals surface area contributed by atoms with E-state index in [4.69, 9.17) is 11.6 Å². The smallest absolute Gasteiger partial charge is 0.242 e. The summed E-state index contributed by atoms with van der Waals surface area (Å²) in [5.41, 5.74) is 3.19. The fourth-order valence-corrected chi connectivity index (χ4v) is 3.28. The summed E-state index contributed by atoms with van der Waals surface area (Å²) in [7, 11) is 0. The molecule has 4 rings (SSSR count). The van der Waals surface area contributed by atoms with E-state index in [0.29, 0.717) is 6.42 Å². The lowest BCUT2D eigenvalue weighted by molar-refractivity contribution is -0.131. The van der Waals surface area contributed by atoms with Gasteiger partial charge >= 0.3 is 0 Å². The number of hydrogen-bond donors (Lipinski definition) is 0. The van der Waals surface area contributed by atoms with E-state index in [9.17, 15) is 4.79 Å². The molecule has 0 bridgehead atoms. The molecule has 2 aliphatic rings. The maximum absolute atomic E-state index is 12.3. The van der Waals surface area contributed by atoms with Crippen LogP contribution in [0.25, 0.3) is 5.70 Å². The van der Waals surface area contributed by atoms with Crippen LogP contribution in [0.2, 0.25) is 5.02 Å². The molecule has 4 heteroatoms. The normalized spacial score (nSPS) is 21.1. The summed E-state index contributed by atoms with van der Waals surface area (Å²) in [5.74, 6) is 0.159. The number of hydrogen-bond acceptors (Lipinski definition) is 2. The summed E-state index contributed by atoms with van der Waals surface area (Å²) in [5, 5.41) is 4.69. The van der Waals surface area contributed by atoms with Gasteiger partial charge in [0.15, 0.2) is 0 Å². The first-order chi connectivity index (χ1) is 10.7. The highest BCUT2D eigenvalue weighted by atomic mass is 35.5. The number of rotatable bonds is 2. The lowest BCUT2D eigenvalue weighted by Gasteiger charge is -2.27. The molecule has 0 saturated carbocycles. The van der Waals surface area contributed by atoms with Gasteiger partial charge in [-0.05, 0) is 29.3 Å². The van der Waals surface area contributed by atoms with E-state index in [-0.39, 0.29) is 11.9 Å². The molecule has 1 unspecified atom stereocenters. The summed E-state index contributed by atoms with van der Waals surface area (Å²) in [6, 6.07) is 18.0. The molecule has 2 aromatic carbocycles. The Bertz CT molecular complexity index is 739. The Morgan fingerprint density at radius 3 is 2.45 bits per heavy atom. The fraction of sp³-hybridized carbons (Fsp3) is 0.167. The predicted octanol–water partition coefficient (Wildman–Crippen LogP) is 3.89. The standard InChI is InChI=1S/C18H15ClN2O/c19-15-8-6-14(7-9-15)16-12-17(13-4-2-1-3-5-13)21-18(22)10-11-20(16)21/h1-9,12,16H,10-11H2. The van der Waals surface area contributed by atoms with Crippen molar-refractivity contribution in [3.05, 3.63) is 76.8 Å². The molecule has 2 aliphatic heterocycles. The van der Waals surface area contributed by atoms with Gasteiger partial charge in [0.05, 0.1) is 11.7 Å². The van der Waals surface area contributed by atoms with Gasteiger partial charge in [0, 0.05) is 18.0 Å². The molecule has 1 atom stereocenters. The van der Waals surface area contributed by atoms with Gasteiger partial charge in [0.2, 0.25) is 5.91 Å². The van der Waals surface area contributed by atoms with Crippen LogP contribution in [-0.4, -0.2) is 22.5 Å². The average Bonchev–Trinajstić information content (AvgIpc) is 3.10. The van der Waals surface area contributed by atoms with Crippen LogP contribution in [0.3, 0.4) is 0 Å². The van der Waals surface area contributed by atoms with Crippen LogP contribution in [0.4, 0.5) is 0 Å². The van der Waals surface area contributed by atoms with Crippen LogP contribution in [-0.2, 0) is 4.79 Å². The molecule has 0 aromatic heterocycles. The Morgan fingerprint density at radius 1 is 1.00 bits per heavy atom. The highest BCUT2D eigenvalue weighted by Gasteiger charge is 2.41. The summed E-state index contributed by atoms with van der Waals surface area (Å²) in [6.45, 7) is 0.749. The van der Waals surface area contributed by atoms with Gasteiger partial charge in [-0.2, -0.15) is 0 Å². The summed E-state index contributed by atoms with van der Waals surface area (Å²) in [4.78, 5) is 12.3. The molecular formula is C18H15ClN2O. The first-order valence-corrected chi connectivity index (χ1v) is 7.74. The minimum absolute atomic E-state index is 0.0823. The van der Waals surface area contributed by atoms with Crippen LogP contribution in [0.1, 0.15) is 23.6 Å². The van der Waals surface area contributed by atoms with E-state index in [1.165, 1.54) is 0 Å². The van der Waals surface area contributed by atoms with E-state index >= 15 is 0 Å². The number of benzene rings is 2. The quantitative estimate of drug-likeness (QED) is 0.840. The Morgan fingerprint density at radius 2 is 1.73 bits per heavy atom. The third kappa shape index (κ3) is 2.14. The zero-order chi connectivity index (χ0) is 15.1. The van der Waals surface area contributed by atoms with Crippen LogP contribution in [0.5, 0.6) is 0 Å². The lowest BCUT2D eigenvalue weighted by atomic mass is 10.0. The Kier molecular flexibility index (Phi) is 3.25. The largest absolute Gasteiger partial charge is 0.273 e. The number of nitrogens with zero attached hydrogens (tertiary/aromatic N) is 2. The maximum Gasteiger partial charge on any atom is 0.242 e. The minimum atomic E-state index is 0.0823. The van der Waals surface area contributed by atoms with Crippen molar-refractivity contribution in [2.24, 2.45) is 0 Å². The SMILES string of the molecule is O=C1CCN2C(c3ccc(Cl)cc3)C=C(c3ccccc3)N12. The third-order valence-corrected chi connectivity index (χ3v) is 4.45. The van der Waals surface area contributed by atoms with Gasteiger partial charge in [-0.1, -0.05) is 54.1 Å². The lowest BCUT2D eigenvalue weighted by Crippen LogP contribution is -2.34. The van der Waals surface area contributed by atoms with Crippen molar-refractivity contribution in [1.82, 2.24) is 10.0 Å². The van der Waals surface area contributed by atoms with Crippen molar-refractivity contribution in [3.63, 3.8) is 0 Å². The van der Waals surface area contributed by atoms with Gasteiger partial charge in [0.25, 0.3) is 0 Å². The first-order valence-electron chi connectivity index (χ1n) is 7.36. The Balaban J connectivity index is 1.78. The fourth-order valence-electron chi connectivity index (χ4n) is 3.16. The van der Waals surface area contributed by atoms with Crippen molar-refractivity contribution in [2.45, 2.75) is 12.5 Å². The van der Waals surface area contributed by atoms with Crippen LogP contribution >= 0.6 is 11.6 Å². The van der Waals surface area contributed by atoms with Crippen molar-refractivity contribution < 1.29 is 4.79 Å². The van der Waals surface area contributed by atoms with Gasteiger partial charge in [-0.15, -0.1) is 0 Å². The maximum atomic E-state index is 12.3. The molecule has 3 nitrogen and oxygen atoms in total. The summed E-state index contributed by atoms with van der Waals surface area (Å²) >= 11 is 5.98. The van der Waals surface area contributed by atoms with E-state index < -0.39 is 0 Å². The molecule has 0 aliphatic carbocycles. The van der Waals surface area contributed by atoms with E-state index in [1.54, 1.807) is 0 Å². The molecule has 0 N–H and O–H groups in total. The van der Waals surface area contributed by atoms with Crippen molar-refractivity contribution in [2.75, 3.05) is 6.54 Å². The molecule has 0 spiro atoms. The molecule has 2 heterocycles. The molecule has 22 heavy (non-hydrogen) atoms. The van der Waals surface area contributed by atoms with Crippen molar-refractivity contribution in [1.29, 1.82) is 0 Å². The van der Waals surface area contributed by atoms with Gasteiger partial charge < -0.3 is 0 Å². The molecule has 1 saturated heterocycles. The second-order valence-electron chi connectivity index (χ2n) is 5.53. The van der Waals surface area contributed by atoms with E-state index in [2.05, 4.69) is 11.1 Å². The van der Waals surface area contributed by atoms with Crippen LogP contribution in [0.15, 0.2) is 60.7 Å². The third-order valence-electron chi connectivity index (χ3n) is 4.19. The van der Waals surface area contributed by atoms with E-state index in [1.807, 2.05) is 59.6 Å². The number of carbonyl (C=O) groups excluding carboxylic acids is 1. The molecule has 1 amide bonds. The topological polar surface area (TPSA) is 23.6 Å². The monoisotopic (exact) mass is 310 g/mol. The van der Waals surface area contributed by atoms with Gasteiger partial charge in [-0.3, -0.25) is 4.79 Å². The second-order valence-corrected chi connectivity index (χ2v) is 5.97. The van der Waals surface area contributed by atoms with Crippen molar-refractivity contribution in [3.8, 4) is 0 Å².